The van der Waals surface area contributed by atoms with Crippen molar-refractivity contribution in [1.82, 2.24) is 15.5 Å². The quantitative estimate of drug-likeness (QED) is 0.783. The monoisotopic (exact) mass is 267 g/mol. The average molecular weight is 267 g/mol. The lowest BCUT2D eigenvalue weighted by Gasteiger charge is -2.33. The summed E-state index contributed by atoms with van der Waals surface area (Å²) in [6, 6.07) is 0.263. The van der Waals surface area contributed by atoms with E-state index in [2.05, 4.69) is 10.6 Å². The number of amides is 2. The number of piperidine rings is 2. The second-order valence-corrected chi connectivity index (χ2v) is 5.58. The van der Waals surface area contributed by atoms with Crippen LogP contribution in [0.25, 0.3) is 0 Å². The number of rotatable bonds is 3. The molecule has 5 heteroatoms. The van der Waals surface area contributed by atoms with Gasteiger partial charge in [-0.3, -0.25) is 9.59 Å². The summed E-state index contributed by atoms with van der Waals surface area (Å²) in [5.74, 6) is 0.269. The molecule has 1 unspecified atom stereocenters. The van der Waals surface area contributed by atoms with Crippen molar-refractivity contribution in [1.29, 1.82) is 0 Å². The number of hydrogen-bond donors (Lipinski definition) is 2. The SMILES string of the molecule is CCC(=O)N1CCCC(C(=O)N[C@H]2CCCNC2)C1. The normalized spacial score (nSPS) is 27.9. The summed E-state index contributed by atoms with van der Waals surface area (Å²) in [5, 5.41) is 6.43. The zero-order chi connectivity index (χ0) is 13.7. The minimum Gasteiger partial charge on any atom is -0.352 e. The molecule has 2 aliphatic heterocycles. The van der Waals surface area contributed by atoms with E-state index >= 15 is 0 Å². The average Bonchev–Trinajstić information content (AvgIpc) is 2.47. The van der Waals surface area contributed by atoms with Crippen molar-refractivity contribution in [3.8, 4) is 0 Å². The van der Waals surface area contributed by atoms with E-state index in [0.29, 0.717) is 13.0 Å². The first-order valence-corrected chi connectivity index (χ1v) is 7.49. The Balaban J connectivity index is 1.82. The number of nitrogens with zero attached hydrogens (tertiary/aromatic N) is 1. The van der Waals surface area contributed by atoms with Crippen molar-refractivity contribution in [2.45, 2.75) is 45.1 Å². The minimum atomic E-state index is -0.0221. The molecule has 108 valence electrons. The van der Waals surface area contributed by atoms with Gasteiger partial charge < -0.3 is 15.5 Å². The third kappa shape index (κ3) is 3.93. The summed E-state index contributed by atoms with van der Waals surface area (Å²) in [6.45, 7) is 5.20. The van der Waals surface area contributed by atoms with Crippen molar-refractivity contribution in [2.24, 2.45) is 5.92 Å². The zero-order valence-corrected chi connectivity index (χ0v) is 11.8. The van der Waals surface area contributed by atoms with E-state index in [9.17, 15) is 9.59 Å². The maximum absolute atomic E-state index is 12.2. The lowest BCUT2D eigenvalue weighted by molar-refractivity contribution is -0.135. The Morgan fingerprint density at radius 1 is 1.32 bits per heavy atom. The summed E-state index contributed by atoms with van der Waals surface area (Å²) < 4.78 is 0. The van der Waals surface area contributed by atoms with Crippen LogP contribution >= 0.6 is 0 Å². The number of likely N-dealkylation sites (tertiary alicyclic amines) is 1. The fourth-order valence-corrected chi connectivity index (χ4v) is 2.94. The van der Waals surface area contributed by atoms with E-state index in [0.717, 1.165) is 45.3 Å². The van der Waals surface area contributed by atoms with Crippen LogP contribution in [0.4, 0.5) is 0 Å². The molecule has 2 aliphatic rings. The van der Waals surface area contributed by atoms with Gasteiger partial charge in [0.05, 0.1) is 5.92 Å². The molecule has 2 rings (SSSR count). The third-order valence-corrected chi connectivity index (χ3v) is 4.09. The molecule has 0 saturated carbocycles. The second-order valence-electron chi connectivity index (χ2n) is 5.58. The van der Waals surface area contributed by atoms with E-state index in [4.69, 9.17) is 0 Å². The number of hydrogen-bond acceptors (Lipinski definition) is 3. The first kappa shape index (κ1) is 14.3. The van der Waals surface area contributed by atoms with Gasteiger partial charge in [-0.15, -0.1) is 0 Å². The molecule has 0 bridgehead atoms. The maximum Gasteiger partial charge on any atom is 0.225 e. The van der Waals surface area contributed by atoms with Crippen LogP contribution in [0.1, 0.15) is 39.0 Å². The molecular formula is C14H25N3O2. The molecule has 0 aliphatic carbocycles. The molecule has 0 aromatic rings. The fraction of sp³-hybridized carbons (Fsp3) is 0.857. The Labute approximate surface area is 115 Å². The van der Waals surface area contributed by atoms with Crippen LogP contribution in [0.5, 0.6) is 0 Å². The molecule has 0 radical (unpaired) electrons. The van der Waals surface area contributed by atoms with Gasteiger partial charge in [-0.25, -0.2) is 0 Å². The van der Waals surface area contributed by atoms with Gasteiger partial charge >= 0.3 is 0 Å². The van der Waals surface area contributed by atoms with Gasteiger partial charge in [0.2, 0.25) is 11.8 Å². The summed E-state index contributed by atoms with van der Waals surface area (Å²) in [7, 11) is 0. The van der Waals surface area contributed by atoms with Crippen LogP contribution < -0.4 is 10.6 Å². The van der Waals surface area contributed by atoms with E-state index in [1.807, 2.05) is 11.8 Å². The Hall–Kier alpha value is -1.10. The molecular weight excluding hydrogens is 242 g/mol. The molecule has 2 saturated heterocycles. The Morgan fingerprint density at radius 3 is 2.84 bits per heavy atom. The van der Waals surface area contributed by atoms with Crippen LogP contribution in [-0.2, 0) is 9.59 Å². The van der Waals surface area contributed by atoms with Gasteiger partial charge in [0, 0.05) is 32.1 Å². The van der Waals surface area contributed by atoms with Gasteiger partial charge in [0.15, 0.2) is 0 Å². The lowest BCUT2D eigenvalue weighted by Crippen LogP contribution is -2.51. The Bertz CT molecular complexity index is 327. The van der Waals surface area contributed by atoms with Gasteiger partial charge in [0.25, 0.3) is 0 Å². The van der Waals surface area contributed by atoms with E-state index in [1.54, 1.807) is 0 Å². The Kier molecular flexibility index (Phi) is 5.19. The number of nitrogens with one attached hydrogen (secondary N) is 2. The van der Waals surface area contributed by atoms with E-state index in [1.165, 1.54) is 0 Å². The van der Waals surface area contributed by atoms with Crippen LogP contribution in [0, 0.1) is 5.92 Å². The highest BCUT2D eigenvalue weighted by atomic mass is 16.2. The third-order valence-electron chi connectivity index (χ3n) is 4.09. The smallest absolute Gasteiger partial charge is 0.225 e. The van der Waals surface area contributed by atoms with Crippen LogP contribution in [0.2, 0.25) is 0 Å². The van der Waals surface area contributed by atoms with Crippen molar-refractivity contribution in [2.75, 3.05) is 26.2 Å². The number of carbonyl (C=O) groups excluding carboxylic acids is 2. The highest BCUT2D eigenvalue weighted by molar-refractivity contribution is 5.81. The van der Waals surface area contributed by atoms with Crippen LogP contribution in [0.15, 0.2) is 0 Å². The molecule has 2 atom stereocenters. The molecule has 2 N–H and O–H groups in total. The summed E-state index contributed by atoms with van der Waals surface area (Å²) in [4.78, 5) is 25.8. The molecule has 19 heavy (non-hydrogen) atoms. The van der Waals surface area contributed by atoms with Crippen molar-refractivity contribution in [3.05, 3.63) is 0 Å². The zero-order valence-electron chi connectivity index (χ0n) is 11.8. The van der Waals surface area contributed by atoms with Crippen LogP contribution in [0.3, 0.4) is 0 Å². The van der Waals surface area contributed by atoms with Crippen molar-refractivity contribution < 1.29 is 9.59 Å². The second kappa shape index (κ2) is 6.89. The minimum absolute atomic E-state index is 0.0221. The molecule has 5 nitrogen and oxygen atoms in total. The predicted molar refractivity (Wildman–Crippen MR) is 73.6 cm³/mol. The fourth-order valence-electron chi connectivity index (χ4n) is 2.94. The topological polar surface area (TPSA) is 61.4 Å². The van der Waals surface area contributed by atoms with Crippen molar-refractivity contribution in [3.63, 3.8) is 0 Å². The van der Waals surface area contributed by atoms with Crippen molar-refractivity contribution >= 4 is 11.8 Å². The molecule has 2 fully saturated rings. The maximum atomic E-state index is 12.2. The van der Waals surface area contributed by atoms with Gasteiger partial charge in [0.1, 0.15) is 0 Å². The molecule has 2 heterocycles. The number of carbonyl (C=O) groups is 2. The van der Waals surface area contributed by atoms with Gasteiger partial charge in [-0.05, 0) is 32.2 Å². The highest BCUT2D eigenvalue weighted by Crippen LogP contribution is 2.18. The van der Waals surface area contributed by atoms with E-state index in [-0.39, 0.29) is 23.8 Å². The lowest BCUT2D eigenvalue weighted by atomic mass is 9.96. The van der Waals surface area contributed by atoms with Crippen LogP contribution in [-0.4, -0.2) is 48.9 Å². The molecule has 0 spiro atoms. The molecule has 0 aromatic heterocycles. The molecule has 0 aromatic carbocycles. The highest BCUT2D eigenvalue weighted by Gasteiger charge is 2.29. The van der Waals surface area contributed by atoms with E-state index < -0.39 is 0 Å². The predicted octanol–water partition coefficient (Wildman–Crippen LogP) is 0.503. The Morgan fingerprint density at radius 2 is 2.16 bits per heavy atom. The summed E-state index contributed by atoms with van der Waals surface area (Å²) in [5.41, 5.74) is 0. The van der Waals surface area contributed by atoms with Gasteiger partial charge in [-0.2, -0.15) is 0 Å². The summed E-state index contributed by atoms with van der Waals surface area (Å²) >= 11 is 0. The first-order chi connectivity index (χ1) is 9.20. The standard InChI is InChI=1S/C14H25N3O2/c1-2-13(18)17-8-4-5-11(10-17)14(19)16-12-6-3-7-15-9-12/h11-12,15H,2-10H2,1H3,(H,16,19)/t11?,12-/m0/s1. The summed E-state index contributed by atoms with van der Waals surface area (Å²) in [6.07, 6.45) is 4.55. The largest absolute Gasteiger partial charge is 0.352 e. The van der Waals surface area contributed by atoms with Gasteiger partial charge in [-0.1, -0.05) is 6.92 Å². The first-order valence-electron chi connectivity index (χ1n) is 7.49. The molecule has 2 amide bonds.